The lowest BCUT2D eigenvalue weighted by atomic mass is 10.0. The number of rotatable bonds is 7. The average Bonchev–Trinajstić information content (AvgIpc) is 2.52. The molecule has 0 unspecified atom stereocenters. The number of hydrogen-bond donors (Lipinski definition) is 2. The minimum atomic E-state index is 0.957. The Balaban J connectivity index is 1.89. The van der Waals surface area contributed by atoms with E-state index in [9.17, 15) is 0 Å². The Kier molecular flexibility index (Phi) is 7.94. The fourth-order valence-corrected chi connectivity index (χ4v) is 2.35. The van der Waals surface area contributed by atoms with E-state index in [2.05, 4.69) is 17.6 Å². The van der Waals surface area contributed by atoms with Gasteiger partial charge in [0.25, 0.3) is 0 Å². The molecule has 0 amide bonds. The fourth-order valence-electron chi connectivity index (χ4n) is 2.35. The minimum Gasteiger partial charge on any atom is -0.315 e. The Labute approximate surface area is 95.2 Å². The van der Waals surface area contributed by atoms with Crippen molar-refractivity contribution in [2.24, 2.45) is 5.92 Å². The zero-order chi connectivity index (χ0) is 10.8. The highest BCUT2D eigenvalue weighted by Gasteiger charge is 2.10. The van der Waals surface area contributed by atoms with Gasteiger partial charge in [0.2, 0.25) is 0 Å². The van der Waals surface area contributed by atoms with Crippen LogP contribution in [0.15, 0.2) is 0 Å². The zero-order valence-corrected chi connectivity index (χ0v) is 10.4. The minimum absolute atomic E-state index is 0.957. The smallest absolute Gasteiger partial charge is 0.00768 e. The maximum Gasteiger partial charge on any atom is 0.00768 e. The Morgan fingerprint density at radius 3 is 2.20 bits per heavy atom. The number of hydrogen-bond acceptors (Lipinski definition) is 2. The quantitative estimate of drug-likeness (QED) is 0.500. The Bertz CT molecular complexity index is 128. The molecule has 0 atom stereocenters. The molecule has 0 aromatic rings. The van der Waals surface area contributed by atoms with Gasteiger partial charge in [-0.3, -0.25) is 0 Å². The highest BCUT2D eigenvalue weighted by Crippen LogP contribution is 2.21. The first-order chi connectivity index (χ1) is 7.43. The molecule has 2 nitrogen and oxygen atoms in total. The molecule has 0 aromatic carbocycles. The van der Waals surface area contributed by atoms with Crippen molar-refractivity contribution < 1.29 is 0 Å². The summed E-state index contributed by atoms with van der Waals surface area (Å²) in [4.78, 5) is 0. The Hall–Kier alpha value is -0.0800. The molecule has 0 bridgehead atoms. The van der Waals surface area contributed by atoms with Crippen LogP contribution in [-0.2, 0) is 0 Å². The van der Waals surface area contributed by atoms with Gasteiger partial charge in [0.05, 0.1) is 0 Å². The van der Waals surface area contributed by atoms with Crippen LogP contribution in [0.2, 0.25) is 0 Å². The van der Waals surface area contributed by atoms with Crippen molar-refractivity contribution in [2.45, 2.75) is 51.9 Å². The second kappa shape index (κ2) is 9.17. The highest BCUT2D eigenvalue weighted by molar-refractivity contribution is 4.67. The van der Waals surface area contributed by atoms with E-state index in [4.69, 9.17) is 0 Å². The third-order valence-electron chi connectivity index (χ3n) is 3.31. The molecule has 0 saturated heterocycles. The average molecular weight is 212 g/mol. The van der Waals surface area contributed by atoms with Crippen LogP contribution in [0.3, 0.4) is 0 Å². The highest BCUT2D eigenvalue weighted by atomic mass is 14.9. The summed E-state index contributed by atoms with van der Waals surface area (Å²) in [5.41, 5.74) is 0. The lowest BCUT2D eigenvalue weighted by molar-refractivity contribution is 0.424. The van der Waals surface area contributed by atoms with Crippen LogP contribution in [0.1, 0.15) is 51.9 Å². The van der Waals surface area contributed by atoms with Crippen LogP contribution in [0.5, 0.6) is 0 Å². The predicted octanol–water partition coefficient (Wildman–Crippen LogP) is 2.55. The van der Waals surface area contributed by atoms with Gasteiger partial charge in [0.15, 0.2) is 0 Å². The predicted molar refractivity (Wildman–Crippen MR) is 67.2 cm³/mol. The Morgan fingerprint density at radius 1 is 0.867 bits per heavy atom. The Morgan fingerprint density at radius 2 is 1.53 bits per heavy atom. The summed E-state index contributed by atoms with van der Waals surface area (Å²) in [6, 6.07) is 0. The summed E-state index contributed by atoms with van der Waals surface area (Å²) in [6.07, 6.45) is 10.00. The van der Waals surface area contributed by atoms with E-state index in [1.165, 1.54) is 51.5 Å². The molecule has 2 heteroatoms. The van der Waals surface area contributed by atoms with Crippen LogP contribution >= 0.6 is 0 Å². The van der Waals surface area contributed by atoms with Gasteiger partial charge in [-0.1, -0.05) is 32.6 Å². The molecule has 2 N–H and O–H groups in total. The van der Waals surface area contributed by atoms with Gasteiger partial charge in [0.1, 0.15) is 0 Å². The molecule has 0 aliphatic heterocycles. The molecule has 90 valence electrons. The summed E-state index contributed by atoms with van der Waals surface area (Å²) >= 11 is 0. The summed E-state index contributed by atoms with van der Waals surface area (Å²) in [7, 11) is 0. The lowest BCUT2D eigenvalue weighted by Crippen LogP contribution is -2.31. The van der Waals surface area contributed by atoms with Crippen molar-refractivity contribution >= 4 is 0 Å². The van der Waals surface area contributed by atoms with E-state index < -0.39 is 0 Å². The van der Waals surface area contributed by atoms with Gasteiger partial charge in [-0.05, 0) is 38.3 Å². The van der Waals surface area contributed by atoms with Crippen molar-refractivity contribution in [3.05, 3.63) is 0 Å². The molecule has 1 saturated carbocycles. The van der Waals surface area contributed by atoms with Crippen LogP contribution < -0.4 is 10.6 Å². The third-order valence-corrected chi connectivity index (χ3v) is 3.31. The van der Waals surface area contributed by atoms with Gasteiger partial charge in [-0.25, -0.2) is 0 Å². The van der Waals surface area contributed by atoms with Crippen molar-refractivity contribution in [3.63, 3.8) is 0 Å². The molecule has 15 heavy (non-hydrogen) atoms. The molecule has 1 fully saturated rings. The summed E-state index contributed by atoms with van der Waals surface area (Å²) in [6.45, 7) is 6.88. The topological polar surface area (TPSA) is 24.1 Å². The van der Waals surface area contributed by atoms with E-state index in [1.807, 2.05) is 0 Å². The maximum atomic E-state index is 3.58. The summed E-state index contributed by atoms with van der Waals surface area (Å²) < 4.78 is 0. The van der Waals surface area contributed by atoms with E-state index in [-0.39, 0.29) is 0 Å². The molecule has 1 aliphatic carbocycles. The number of nitrogens with one attached hydrogen (secondary N) is 2. The van der Waals surface area contributed by atoms with Crippen LogP contribution in [-0.4, -0.2) is 26.2 Å². The van der Waals surface area contributed by atoms with E-state index in [0.717, 1.165) is 25.6 Å². The van der Waals surface area contributed by atoms with Gasteiger partial charge in [-0.2, -0.15) is 0 Å². The van der Waals surface area contributed by atoms with Crippen LogP contribution in [0.25, 0.3) is 0 Å². The molecule has 1 rings (SSSR count). The summed E-state index contributed by atoms with van der Waals surface area (Å²) in [5.74, 6) is 0.957. The molecular weight excluding hydrogens is 184 g/mol. The molecule has 1 aliphatic rings. The van der Waals surface area contributed by atoms with Crippen LogP contribution in [0, 0.1) is 5.92 Å². The first-order valence-electron chi connectivity index (χ1n) is 6.85. The molecule has 0 aromatic heterocycles. The largest absolute Gasteiger partial charge is 0.315 e. The van der Waals surface area contributed by atoms with Crippen molar-refractivity contribution in [1.82, 2.24) is 10.6 Å². The van der Waals surface area contributed by atoms with Gasteiger partial charge >= 0.3 is 0 Å². The second-order valence-corrected chi connectivity index (χ2v) is 4.81. The fraction of sp³-hybridized carbons (Fsp3) is 1.00. The van der Waals surface area contributed by atoms with E-state index >= 15 is 0 Å². The van der Waals surface area contributed by atoms with Crippen LogP contribution in [0.4, 0.5) is 0 Å². The van der Waals surface area contributed by atoms with Gasteiger partial charge in [-0.15, -0.1) is 0 Å². The van der Waals surface area contributed by atoms with E-state index in [1.54, 1.807) is 0 Å². The van der Waals surface area contributed by atoms with Crippen molar-refractivity contribution in [2.75, 3.05) is 26.2 Å². The molecule has 0 radical (unpaired) electrons. The van der Waals surface area contributed by atoms with Crippen molar-refractivity contribution in [3.8, 4) is 0 Å². The maximum absolute atomic E-state index is 3.58. The molecular formula is C13H28N2. The van der Waals surface area contributed by atoms with Crippen molar-refractivity contribution in [1.29, 1.82) is 0 Å². The SMILES string of the molecule is CCCNCCNCC1CCCCCC1. The first kappa shape index (κ1) is 13.0. The van der Waals surface area contributed by atoms with E-state index in [0.29, 0.717) is 0 Å². The molecule has 0 heterocycles. The molecule has 0 spiro atoms. The monoisotopic (exact) mass is 212 g/mol. The normalized spacial score (nSPS) is 19.0. The summed E-state index contributed by atoms with van der Waals surface area (Å²) in [5, 5.41) is 7.00. The third kappa shape index (κ3) is 6.91. The second-order valence-electron chi connectivity index (χ2n) is 4.81. The zero-order valence-electron chi connectivity index (χ0n) is 10.4. The van der Waals surface area contributed by atoms with Gasteiger partial charge in [0, 0.05) is 13.1 Å². The standard InChI is InChI=1S/C13H28N2/c1-2-9-14-10-11-15-12-13-7-5-3-4-6-8-13/h13-15H,2-12H2,1H3. The first-order valence-corrected chi connectivity index (χ1v) is 6.85. The van der Waals surface area contributed by atoms with Gasteiger partial charge < -0.3 is 10.6 Å². The lowest BCUT2D eigenvalue weighted by Gasteiger charge is -2.14.